The van der Waals surface area contributed by atoms with Crippen LogP contribution in [0, 0.1) is 111 Å². The van der Waals surface area contributed by atoms with Crippen molar-refractivity contribution >= 4 is 46.4 Å². The molecule has 0 atom stereocenters. The normalized spacial score (nSPS) is 12.3. The number of hydrogen-bond donors (Lipinski definition) is 2. The monoisotopic (exact) mass is 956 g/mol. The minimum Gasteiger partial charge on any atom is -0.354 e. The van der Waals surface area contributed by atoms with Crippen molar-refractivity contribution in [1.82, 2.24) is 19.9 Å². The minimum atomic E-state index is -2.69. The molecule has 2 N–H and O–H groups in total. The number of H-pyrrole nitrogens is 2. The van der Waals surface area contributed by atoms with Crippen LogP contribution >= 0.6 is 0 Å². The zero-order valence-electron chi connectivity index (χ0n) is 31.8. The van der Waals surface area contributed by atoms with Crippen molar-refractivity contribution < 1.29 is 83.4 Å². The molecule has 0 aliphatic carbocycles. The Bertz CT molecular complexity index is 3490. The lowest BCUT2D eigenvalue weighted by atomic mass is 10.0. The zero-order chi connectivity index (χ0) is 48.4. The first-order valence-electron chi connectivity index (χ1n) is 18.2. The summed E-state index contributed by atoms with van der Waals surface area (Å²) in [7, 11) is 0. The lowest BCUT2D eigenvalue weighted by molar-refractivity contribution is 0.381. The van der Waals surface area contributed by atoms with Gasteiger partial charge in [0.1, 0.15) is 0 Å². The first kappa shape index (κ1) is 44.4. The lowest BCUT2D eigenvalue weighted by Gasteiger charge is -2.11. The average molecular weight is 957 g/mol. The summed E-state index contributed by atoms with van der Waals surface area (Å²) in [5.41, 5.74) is -18.1. The van der Waals surface area contributed by atoms with Crippen LogP contribution in [0.3, 0.4) is 0 Å². The maximum atomic E-state index is 15.8. The molecule has 0 spiro atoms. The van der Waals surface area contributed by atoms with E-state index in [1.54, 1.807) is 0 Å². The van der Waals surface area contributed by atoms with Gasteiger partial charge in [-0.1, -0.05) is 0 Å². The summed E-state index contributed by atoms with van der Waals surface area (Å²) in [6.07, 6.45) is 2.77. The second-order valence-corrected chi connectivity index (χ2v) is 14.2. The Morgan fingerprint density at radius 3 is 0.791 bits per heavy atom. The Labute approximate surface area is 357 Å². The smallest absolute Gasteiger partial charge is 0.200 e. The van der Waals surface area contributed by atoms with Crippen LogP contribution in [0.2, 0.25) is 0 Å². The number of aromatic amines is 2. The van der Waals surface area contributed by atoms with E-state index in [1.165, 1.54) is 0 Å². The van der Waals surface area contributed by atoms with E-state index in [4.69, 9.17) is 0 Å². The number of nitrogens with zero attached hydrogens (tertiary/aromatic N) is 2. The predicted octanol–water partition coefficient (Wildman–Crippen LogP) is 14.0. The lowest BCUT2D eigenvalue weighted by Crippen LogP contribution is -2.06. The molecule has 0 amide bonds. The number of rotatable bonds is 4. The maximum absolute atomic E-state index is 15.8. The molecule has 0 unspecified atom stereocenters. The van der Waals surface area contributed by atoms with Crippen LogP contribution < -0.4 is 0 Å². The Balaban J connectivity index is 1.59. The molecule has 0 fully saturated rings. The SMILES string of the molecule is Fc1cc(-c2c3nc(c(-c4c(F)c(F)c(F)c(F)c4F)c4ccc([nH]4)c(-c4c(F)c(F)c(F)c(F)c4F)c4nc(c(-c5c(F)c(F)c(F)c(F)c5F)c5ccc2[nH]5)C=C4)C=C3)c(F)c(F)c1F. The summed E-state index contributed by atoms with van der Waals surface area (Å²) < 4.78 is 287. The molecule has 23 heteroatoms. The van der Waals surface area contributed by atoms with E-state index in [0.29, 0.717) is 30.4 Å². The molecule has 4 aromatic carbocycles. The van der Waals surface area contributed by atoms with E-state index in [2.05, 4.69) is 19.9 Å². The van der Waals surface area contributed by atoms with Crippen molar-refractivity contribution in [3.05, 3.63) is 164 Å². The molecule has 2 aliphatic rings. The molecule has 8 bridgehead atoms. The third-order valence-electron chi connectivity index (χ3n) is 10.5. The van der Waals surface area contributed by atoms with E-state index < -0.39 is 200 Å². The van der Waals surface area contributed by atoms with Crippen molar-refractivity contribution in [3.63, 3.8) is 0 Å². The van der Waals surface area contributed by atoms with Crippen LogP contribution in [0.25, 0.3) is 90.9 Å². The van der Waals surface area contributed by atoms with E-state index in [9.17, 15) is 52.7 Å². The molecule has 4 nitrogen and oxygen atoms in total. The maximum Gasteiger partial charge on any atom is 0.200 e. The number of nitrogens with one attached hydrogen (secondary N) is 2. The van der Waals surface area contributed by atoms with Gasteiger partial charge in [0, 0.05) is 49.9 Å². The Hall–Kier alpha value is -7.85. The van der Waals surface area contributed by atoms with E-state index in [-0.39, 0.29) is 6.07 Å². The fourth-order valence-electron chi connectivity index (χ4n) is 7.51. The first-order valence-corrected chi connectivity index (χ1v) is 18.2. The first-order chi connectivity index (χ1) is 31.7. The summed E-state index contributed by atoms with van der Waals surface area (Å²) >= 11 is 0. The molecule has 2 aliphatic heterocycles. The zero-order valence-corrected chi connectivity index (χ0v) is 31.8. The largest absolute Gasteiger partial charge is 0.354 e. The standard InChI is InChI=1S/C44H11F19N4/c45-11-9-10(27(46)35(54)28(11)47)20-12-1-3-14(64-12)21(24-29(48)36(55)42(61)37(56)30(24)49)16-5-7-18(66-16)23(26-33(52)40(59)44(63)41(60)34(26)53)19-8-6-17(67-19)22(15-4-2-13(20)65-15)25-31(50)38(57)43(62)39(58)32(25)51/h1-9,64,67H. The van der Waals surface area contributed by atoms with Crippen molar-refractivity contribution in [2.75, 3.05) is 0 Å². The molecular weight excluding hydrogens is 945 g/mol. The molecule has 67 heavy (non-hydrogen) atoms. The molecule has 0 saturated carbocycles. The topological polar surface area (TPSA) is 57.4 Å². The molecule has 5 heterocycles. The molecular formula is C44H11F19N4. The van der Waals surface area contributed by atoms with Crippen LogP contribution in [0.4, 0.5) is 83.4 Å². The summed E-state index contributed by atoms with van der Waals surface area (Å²) in [5.74, 6) is -47.9. The third-order valence-corrected chi connectivity index (χ3v) is 10.5. The quantitative estimate of drug-likeness (QED) is 0.105. The summed E-state index contributed by atoms with van der Waals surface area (Å²) in [5, 5.41) is 0. The fourth-order valence-corrected chi connectivity index (χ4v) is 7.51. The van der Waals surface area contributed by atoms with Crippen molar-refractivity contribution in [3.8, 4) is 44.5 Å². The van der Waals surface area contributed by atoms with Crippen LogP contribution in [0.15, 0.2) is 30.3 Å². The Morgan fingerprint density at radius 1 is 0.254 bits per heavy atom. The highest BCUT2D eigenvalue weighted by Gasteiger charge is 2.34. The highest BCUT2D eigenvalue weighted by Crippen LogP contribution is 2.44. The number of halogens is 19. The summed E-state index contributed by atoms with van der Waals surface area (Å²) in [6.45, 7) is 0. The summed E-state index contributed by atoms with van der Waals surface area (Å²) in [6, 6.07) is 2.93. The Kier molecular flexibility index (Phi) is 10.4. The highest BCUT2D eigenvalue weighted by molar-refractivity contribution is 6.00. The van der Waals surface area contributed by atoms with Gasteiger partial charge in [-0.25, -0.2) is 93.4 Å². The summed E-state index contributed by atoms with van der Waals surface area (Å²) in [4.78, 5) is 12.7. The van der Waals surface area contributed by atoms with Gasteiger partial charge in [-0.05, 0) is 54.6 Å². The van der Waals surface area contributed by atoms with E-state index >= 15 is 30.7 Å². The average Bonchev–Trinajstić information content (AvgIpc) is 4.17. The van der Waals surface area contributed by atoms with Crippen LogP contribution in [-0.4, -0.2) is 19.9 Å². The van der Waals surface area contributed by atoms with E-state index in [0.717, 1.165) is 18.2 Å². The second-order valence-electron chi connectivity index (χ2n) is 14.2. The molecule has 0 saturated heterocycles. The van der Waals surface area contributed by atoms with Gasteiger partial charge in [0.2, 0.25) is 17.5 Å². The molecule has 3 aromatic heterocycles. The van der Waals surface area contributed by atoms with Gasteiger partial charge in [-0.15, -0.1) is 0 Å². The molecule has 0 radical (unpaired) electrons. The fraction of sp³-hybridized carbons (Fsp3) is 0. The van der Waals surface area contributed by atoms with Crippen LogP contribution in [0.5, 0.6) is 0 Å². The molecule has 340 valence electrons. The number of benzene rings is 4. The molecule has 7 aromatic rings. The second kappa shape index (κ2) is 15.7. The van der Waals surface area contributed by atoms with Crippen LogP contribution in [-0.2, 0) is 0 Å². The number of hydrogen-bond acceptors (Lipinski definition) is 2. The Morgan fingerprint density at radius 2 is 0.493 bits per heavy atom. The number of fused-ring (bicyclic) bond motifs is 8. The van der Waals surface area contributed by atoms with Crippen molar-refractivity contribution in [2.45, 2.75) is 0 Å². The highest BCUT2D eigenvalue weighted by atomic mass is 19.2. The van der Waals surface area contributed by atoms with Gasteiger partial charge in [0.15, 0.2) is 93.1 Å². The van der Waals surface area contributed by atoms with Gasteiger partial charge in [0.05, 0.1) is 39.5 Å². The van der Waals surface area contributed by atoms with Gasteiger partial charge in [-0.3, -0.25) is 0 Å². The van der Waals surface area contributed by atoms with Crippen LogP contribution in [0.1, 0.15) is 22.8 Å². The van der Waals surface area contributed by atoms with Crippen molar-refractivity contribution in [1.29, 1.82) is 0 Å². The van der Waals surface area contributed by atoms with Gasteiger partial charge in [0.25, 0.3) is 0 Å². The van der Waals surface area contributed by atoms with Gasteiger partial charge < -0.3 is 9.97 Å². The van der Waals surface area contributed by atoms with Crippen molar-refractivity contribution in [2.24, 2.45) is 0 Å². The predicted molar refractivity (Wildman–Crippen MR) is 200 cm³/mol. The minimum absolute atomic E-state index is 0.0542. The molecule has 9 rings (SSSR count). The number of aromatic nitrogens is 4. The van der Waals surface area contributed by atoms with Gasteiger partial charge in [-0.2, -0.15) is 0 Å². The third kappa shape index (κ3) is 6.48. The van der Waals surface area contributed by atoms with E-state index in [1.807, 2.05) is 0 Å². The van der Waals surface area contributed by atoms with Gasteiger partial charge >= 0.3 is 0 Å².